The minimum Gasteiger partial charge on any atom is -0.361 e. The van der Waals surface area contributed by atoms with Crippen molar-refractivity contribution in [3.8, 4) is 0 Å². The average molecular weight is 394 g/mol. The monoisotopic (exact) mass is 393 g/mol. The van der Waals surface area contributed by atoms with Crippen LogP contribution in [0.1, 0.15) is 22.6 Å². The fraction of sp³-hybridized carbons (Fsp3) is 0.474. The second-order valence-electron chi connectivity index (χ2n) is 6.58. The Balaban J connectivity index is 1.40. The van der Waals surface area contributed by atoms with Crippen molar-refractivity contribution in [2.75, 3.05) is 31.9 Å². The maximum absolute atomic E-state index is 12.4. The zero-order chi connectivity index (χ0) is 18.5. The molecule has 0 spiro atoms. The Bertz CT molecular complexity index is 737. The summed E-state index contributed by atoms with van der Waals surface area (Å²) in [4.78, 5) is 16.7. The molecule has 0 N–H and O–H groups in total. The Morgan fingerprint density at radius 3 is 2.69 bits per heavy atom. The normalized spacial score (nSPS) is 15.4. The van der Waals surface area contributed by atoms with Crippen LogP contribution < -0.4 is 0 Å². The topological polar surface area (TPSA) is 49.6 Å². The third-order valence-corrected chi connectivity index (χ3v) is 5.89. The summed E-state index contributed by atoms with van der Waals surface area (Å²) in [6, 6.07) is 7.80. The number of amides is 1. The van der Waals surface area contributed by atoms with E-state index in [0.717, 1.165) is 60.5 Å². The van der Waals surface area contributed by atoms with E-state index in [4.69, 9.17) is 16.1 Å². The maximum atomic E-state index is 12.4. The lowest BCUT2D eigenvalue weighted by Crippen LogP contribution is -2.48. The lowest BCUT2D eigenvalue weighted by atomic mass is 10.2. The predicted molar refractivity (Wildman–Crippen MR) is 105 cm³/mol. The van der Waals surface area contributed by atoms with Gasteiger partial charge in [0.25, 0.3) is 0 Å². The summed E-state index contributed by atoms with van der Waals surface area (Å²) in [6.45, 7) is 8.09. The van der Waals surface area contributed by atoms with Crippen molar-refractivity contribution in [2.45, 2.75) is 26.1 Å². The summed E-state index contributed by atoms with van der Waals surface area (Å²) in [5, 5.41) is 4.75. The summed E-state index contributed by atoms with van der Waals surface area (Å²) < 4.78 is 5.23. The molecular weight excluding hydrogens is 370 g/mol. The van der Waals surface area contributed by atoms with Crippen LogP contribution in [0, 0.1) is 13.8 Å². The molecule has 2 aromatic rings. The number of carbonyl (C=O) groups excluding carboxylic acids is 1. The summed E-state index contributed by atoms with van der Waals surface area (Å²) >= 11 is 7.63. The minimum atomic E-state index is 0.217. The van der Waals surface area contributed by atoms with Crippen molar-refractivity contribution in [3.05, 3.63) is 51.9 Å². The number of halogens is 1. The summed E-state index contributed by atoms with van der Waals surface area (Å²) in [6.07, 6.45) is 0. The van der Waals surface area contributed by atoms with E-state index in [-0.39, 0.29) is 5.91 Å². The molecule has 0 saturated carbocycles. The van der Waals surface area contributed by atoms with Crippen LogP contribution in [0.2, 0.25) is 5.02 Å². The zero-order valence-corrected chi connectivity index (χ0v) is 16.8. The Kier molecular flexibility index (Phi) is 6.62. The standard InChI is InChI=1S/C19H24ClN3O2S/c1-14-18(15(2)25-21-14)11-22-6-8-23(9-7-22)19(24)13-26-12-16-4-3-5-17(20)10-16/h3-5,10H,6-9,11-13H2,1-2H3. The molecule has 140 valence electrons. The highest BCUT2D eigenvalue weighted by Crippen LogP contribution is 2.18. The summed E-state index contributed by atoms with van der Waals surface area (Å²) in [7, 11) is 0. The van der Waals surface area contributed by atoms with Crippen LogP contribution in [-0.2, 0) is 17.1 Å². The van der Waals surface area contributed by atoms with E-state index in [1.807, 2.05) is 43.0 Å². The second kappa shape index (κ2) is 8.93. The van der Waals surface area contributed by atoms with Gasteiger partial charge in [0.05, 0.1) is 11.4 Å². The number of hydrogen-bond acceptors (Lipinski definition) is 5. The van der Waals surface area contributed by atoms with Gasteiger partial charge in [-0.25, -0.2) is 0 Å². The first kappa shape index (κ1) is 19.3. The lowest BCUT2D eigenvalue weighted by molar-refractivity contribution is -0.130. The van der Waals surface area contributed by atoms with Crippen LogP contribution in [0.3, 0.4) is 0 Å². The Hall–Kier alpha value is -1.50. The summed E-state index contributed by atoms with van der Waals surface area (Å²) in [5.74, 6) is 2.42. The van der Waals surface area contributed by atoms with Crippen LogP contribution in [-0.4, -0.2) is 52.8 Å². The maximum Gasteiger partial charge on any atom is 0.232 e. The number of benzene rings is 1. The molecule has 1 amide bonds. The number of rotatable bonds is 6. The Labute approximate surface area is 163 Å². The molecule has 5 nitrogen and oxygen atoms in total. The van der Waals surface area contributed by atoms with Crippen LogP contribution in [0.5, 0.6) is 0 Å². The van der Waals surface area contributed by atoms with Crippen LogP contribution in [0.25, 0.3) is 0 Å². The largest absolute Gasteiger partial charge is 0.361 e. The van der Waals surface area contributed by atoms with Gasteiger partial charge in [-0.3, -0.25) is 9.69 Å². The predicted octanol–water partition coefficient (Wildman–Crippen LogP) is 3.52. The molecule has 1 saturated heterocycles. The molecule has 1 fully saturated rings. The van der Waals surface area contributed by atoms with Gasteiger partial charge in [0, 0.05) is 49.1 Å². The number of thioether (sulfide) groups is 1. The van der Waals surface area contributed by atoms with Gasteiger partial charge < -0.3 is 9.42 Å². The van der Waals surface area contributed by atoms with Crippen molar-refractivity contribution >= 4 is 29.3 Å². The third-order valence-electron chi connectivity index (χ3n) is 4.67. The van der Waals surface area contributed by atoms with E-state index in [0.29, 0.717) is 5.75 Å². The average Bonchev–Trinajstić information content (AvgIpc) is 2.94. The van der Waals surface area contributed by atoms with Crippen molar-refractivity contribution in [1.29, 1.82) is 0 Å². The molecule has 1 aliphatic heterocycles. The molecule has 1 aliphatic rings. The van der Waals surface area contributed by atoms with E-state index < -0.39 is 0 Å². The van der Waals surface area contributed by atoms with E-state index in [9.17, 15) is 4.79 Å². The minimum absolute atomic E-state index is 0.217. The number of hydrogen-bond donors (Lipinski definition) is 0. The molecule has 3 rings (SSSR count). The molecule has 0 aliphatic carbocycles. The molecule has 7 heteroatoms. The van der Waals surface area contributed by atoms with Crippen molar-refractivity contribution < 1.29 is 9.32 Å². The van der Waals surface area contributed by atoms with Gasteiger partial charge in [0.15, 0.2) is 0 Å². The Morgan fingerprint density at radius 2 is 2.04 bits per heavy atom. The fourth-order valence-corrected chi connectivity index (χ4v) is 4.17. The number of carbonyl (C=O) groups is 1. The zero-order valence-electron chi connectivity index (χ0n) is 15.2. The number of piperazine rings is 1. The van der Waals surface area contributed by atoms with Crippen molar-refractivity contribution in [3.63, 3.8) is 0 Å². The number of aryl methyl sites for hydroxylation is 2. The van der Waals surface area contributed by atoms with Gasteiger partial charge in [0.1, 0.15) is 5.76 Å². The van der Waals surface area contributed by atoms with Gasteiger partial charge in [-0.15, -0.1) is 11.8 Å². The quantitative estimate of drug-likeness (QED) is 0.751. The molecule has 1 aromatic heterocycles. The SMILES string of the molecule is Cc1noc(C)c1CN1CCN(C(=O)CSCc2cccc(Cl)c2)CC1. The second-order valence-corrected chi connectivity index (χ2v) is 8.00. The lowest BCUT2D eigenvalue weighted by Gasteiger charge is -2.34. The highest BCUT2D eigenvalue weighted by Gasteiger charge is 2.22. The first-order valence-corrected chi connectivity index (χ1v) is 10.3. The van der Waals surface area contributed by atoms with E-state index in [2.05, 4.69) is 10.1 Å². The first-order chi connectivity index (χ1) is 12.5. The molecule has 0 radical (unpaired) electrons. The van der Waals surface area contributed by atoms with Crippen LogP contribution in [0.4, 0.5) is 0 Å². The molecule has 1 aromatic carbocycles. The highest BCUT2D eigenvalue weighted by atomic mass is 35.5. The van der Waals surface area contributed by atoms with Crippen molar-refractivity contribution in [1.82, 2.24) is 15.0 Å². The first-order valence-electron chi connectivity index (χ1n) is 8.77. The van der Waals surface area contributed by atoms with Gasteiger partial charge in [-0.2, -0.15) is 0 Å². The molecule has 0 bridgehead atoms. The molecular formula is C19H24ClN3O2S. The van der Waals surface area contributed by atoms with Gasteiger partial charge in [0.2, 0.25) is 5.91 Å². The van der Waals surface area contributed by atoms with Gasteiger partial charge in [-0.05, 0) is 31.5 Å². The fourth-order valence-electron chi connectivity index (χ4n) is 3.08. The van der Waals surface area contributed by atoms with E-state index in [1.165, 1.54) is 5.56 Å². The Morgan fingerprint density at radius 1 is 1.27 bits per heavy atom. The highest BCUT2D eigenvalue weighted by molar-refractivity contribution is 7.99. The molecule has 0 unspecified atom stereocenters. The van der Waals surface area contributed by atoms with E-state index in [1.54, 1.807) is 11.8 Å². The smallest absolute Gasteiger partial charge is 0.232 e. The van der Waals surface area contributed by atoms with Crippen LogP contribution >= 0.6 is 23.4 Å². The van der Waals surface area contributed by atoms with Crippen LogP contribution in [0.15, 0.2) is 28.8 Å². The molecule has 0 atom stereocenters. The molecule has 2 heterocycles. The van der Waals surface area contributed by atoms with Crippen molar-refractivity contribution in [2.24, 2.45) is 0 Å². The third kappa shape index (κ3) is 5.02. The van der Waals surface area contributed by atoms with Gasteiger partial charge >= 0.3 is 0 Å². The summed E-state index contributed by atoms with van der Waals surface area (Å²) in [5.41, 5.74) is 3.28. The van der Waals surface area contributed by atoms with Gasteiger partial charge in [-0.1, -0.05) is 28.9 Å². The van der Waals surface area contributed by atoms with E-state index >= 15 is 0 Å². The molecule has 26 heavy (non-hydrogen) atoms. The number of aromatic nitrogens is 1. The number of nitrogens with zero attached hydrogens (tertiary/aromatic N) is 3.